The van der Waals surface area contributed by atoms with E-state index in [-0.39, 0.29) is 5.41 Å². The summed E-state index contributed by atoms with van der Waals surface area (Å²) < 4.78 is 0. The van der Waals surface area contributed by atoms with Gasteiger partial charge in [-0.3, -0.25) is 4.98 Å². The number of aromatic nitrogens is 1. The summed E-state index contributed by atoms with van der Waals surface area (Å²) in [5.41, 5.74) is 9.44. The fourth-order valence-electron chi connectivity index (χ4n) is 1.69. The Morgan fingerprint density at radius 2 is 1.87 bits per heavy atom. The summed E-state index contributed by atoms with van der Waals surface area (Å²) in [5.74, 6) is 0. The van der Waals surface area contributed by atoms with E-state index in [9.17, 15) is 0 Å². The van der Waals surface area contributed by atoms with Crippen molar-refractivity contribution >= 4 is 5.69 Å². The Bertz CT molecular complexity index is 361. The maximum absolute atomic E-state index is 5.94. The molecule has 0 aromatic carbocycles. The average Bonchev–Trinajstić information content (AvgIpc) is 2.82. The van der Waals surface area contributed by atoms with Crippen molar-refractivity contribution in [2.45, 2.75) is 51.4 Å². The van der Waals surface area contributed by atoms with Crippen LogP contribution < -0.4 is 5.73 Å². The summed E-state index contributed by atoms with van der Waals surface area (Å²) in [5, 5.41) is 0. The van der Waals surface area contributed by atoms with Crippen LogP contribution in [0.2, 0.25) is 0 Å². The molecule has 1 aliphatic carbocycles. The summed E-state index contributed by atoms with van der Waals surface area (Å²) in [6.07, 6.45) is 2.49. The minimum Gasteiger partial charge on any atom is -0.399 e. The fraction of sp³-hybridized carbons (Fsp3) is 0.615. The number of rotatable bonds is 1. The van der Waals surface area contributed by atoms with Crippen LogP contribution in [0.5, 0.6) is 0 Å². The highest BCUT2D eigenvalue weighted by Gasteiger charge is 2.41. The lowest BCUT2D eigenvalue weighted by Gasteiger charge is -2.20. The van der Waals surface area contributed by atoms with Crippen LogP contribution in [0.3, 0.4) is 0 Å². The van der Waals surface area contributed by atoms with Gasteiger partial charge in [-0.1, -0.05) is 27.7 Å². The van der Waals surface area contributed by atoms with Crippen LogP contribution in [0, 0.1) is 0 Å². The number of hydrogen-bond acceptors (Lipinski definition) is 2. The average molecular weight is 204 g/mol. The quantitative estimate of drug-likeness (QED) is 0.763. The molecule has 1 aliphatic rings. The van der Waals surface area contributed by atoms with E-state index in [1.54, 1.807) is 0 Å². The Kier molecular flexibility index (Phi) is 2.07. The van der Waals surface area contributed by atoms with Crippen molar-refractivity contribution in [2.75, 3.05) is 5.73 Å². The maximum Gasteiger partial charge on any atom is 0.0486 e. The summed E-state index contributed by atoms with van der Waals surface area (Å²) in [7, 11) is 0. The predicted molar refractivity (Wildman–Crippen MR) is 63.9 cm³/mol. The fourth-order valence-corrected chi connectivity index (χ4v) is 1.69. The normalized spacial score (nSPS) is 18.9. The minimum absolute atomic E-state index is 0.0787. The lowest BCUT2D eigenvalue weighted by Crippen LogP contribution is -2.17. The third-order valence-corrected chi connectivity index (χ3v) is 3.23. The molecule has 15 heavy (non-hydrogen) atoms. The number of anilines is 1. The molecule has 0 unspecified atom stereocenters. The lowest BCUT2D eigenvalue weighted by molar-refractivity contribution is 0.561. The van der Waals surface area contributed by atoms with Crippen LogP contribution in [-0.4, -0.2) is 4.98 Å². The van der Waals surface area contributed by atoms with Crippen molar-refractivity contribution in [3.63, 3.8) is 0 Å². The van der Waals surface area contributed by atoms with E-state index in [4.69, 9.17) is 10.7 Å². The molecule has 2 N–H and O–H groups in total. The van der Waals surface area contributed by atoms with Crippen LogP contribution in [0.4, 0.5) is 5.69 Å². The molecule has 0 spiro atoms. The van der Waals surface area contributed by atoms with Gasteiger partial charge in [-0.25, -0.2) is 0 Å². The van der Waals surface area contributed by atoms with Gasteiger partial charge in [0.25, 0.3) is 0 Å². The van der Waals surface area contributed by atoms with Crippen LogP contribution in [0.15, 0.2) is 12.1 Å². The monoisotopic (exact) mass is 204 g/mol. The predicted octanol–water partition coefficient (Wildman–Crippen LogP) is 3.01. The van der Waals surface area contributed by atoms with Crippen molar-refractivity contribution < 1.29 is 0 Å². The van der Waals surface area contributed by atoms with Crippen molar-refractivity contribution in [2.24, 2.45) is 0 Å². The summed E-state index contributed by atoms with van der Waals surface area (Å²) in [4.78, 5) is 4.76. The highest BCUT2D eigenvalue weighted by Crippen LogP contribution is 2.47. The van der Waals surface area contributed by atoms with Gasteiger partial charge in [0.1, 0.15) is 0 Å². The first kappa shape index (κ1) is 10.5. The molecule has 0 saturated heterocycles. The molecule has 1 aromatic rings. The van der Waals surface area contributed by atoms with Crippen molar-refractivity contribution in [3.05, 3.63) is 23.5 Å². The Morgan fingerprint density at radius 3 is 2.33 bits per heavy atom. The summed E-state index contributed by atoms with van der Waals surface area (Å²) in [6.45, 7) is 8.79. The molecule has 1 saturated carbocycles. The van der Waals surface area contributed by atoms with Gasteiger partial charge in [-0.2, -0.15) is 0 Å². The molecule has 0 radical (unpaired) electrons. The first-order valence-electron chi connectivity index (χ1n) is 5.60. The van der Waals surface area contributed by atoms with Crippen molar-refractivity contribution in [1.29, 1.82) is 0 Å². The van der Waals surface area contributed by atoms with Gasteiger partial charge in [-0.15, -0.1) is 0 Å². The van der Waals surface area contributed by atoms with E-state index >= 15 is 0 Å². The van der Waals surface area contributed by atoms with E-state index in [1.807, 2.05) is 12.1 Å². The van der Waals surface area contributed by atoms with Crippen molar-refractivity contribution in [1.82, 2.24) is 4.98 Å². The highest BCUT2D eigenvalue weighted by atomic mass is 14.8. The van der Waals surface area contributed by atoms with Gasteiger partial charge in [0, 0.05) is 27.9 Å². The molecule has 0 amide bonds. The summed E-state index contributed by atoms with van der Waals surface area (Å²) >= 11 is 0. The number of hydrogen-bond donors (Lipinski definition) is 1. The molecule has 0 bridgehead atoms. The lowest BCUT2D eigenvalue weighted by atomic mass is 9.90. The molecular formula is C13H20N2. The Hall–Kier alpha value is -1.05. The van der Waals surface area contributed by atoms with E-state index in [0.29, 0.717) is 5.41 Å². The first-order valence-corrected chi connectivity index (χ1v) is 5.60. The minimum atomic E-state index is 0.0787. The Labute approximate surface area is 91.9 Å². The van der Waals surface area contributed by atoms with Gasteiger partial charge < -0.3 is 5.73 Å². The second-order valence-corrected chi connectivity index (χ2v) is 5.98. The number of nitrogens with two attached hydrogens (primary N) is 1. The molecule has 0 atom stereocenters. The van der Waals surface area contributed by atoms with Gasteiger partial charge in [0.2, 0.25) is 0 Å². The van der Waals surface area contributed by atoms with E-state index in [0.717, 1.165) is 11.4 Å². The standard InChI is InChI=1S/C13H20N2/c1-12(2,3)10-7-9(14)8-11(15-10)13(4)5-6-13/h7-8H,5-6H2,1-4H3,(H2,14,15). The van der Waals surface area contributed by atoms with E-state index < -0.39 is 0 Å². The molecule has 2 nitrogen and oxygen atoms in total. The molecular weight excluding hydrogens is 184 g/mol. The zero-order valence-corrected chi connectivity index (χ0v) is 10.1. The van der Waals surface area contributed by atoms with Crippen LogP contribution in [0.1, 0.15) is 51.9 Å². The van der Waals surface area contributed by atoms with Crippen LogP contribution in [-0.2, 0) is 10.8 Å². The Balaban J connectivity index is 2.46. The first-order chi connectivity index (χ1) is 6.81. The van der Waals surface area contributed by atoms with Gasteiger partial charge in [-0.05, 0) is 25.0 Å². The zero-order chi connectivity index (χ0) is 11.3. The third kappa shape index (κ3) is 1.99. The number of pyridine rings is 1. The second-order valence-electron chi connectivity index (χ2n) is 5.98. The van der Waals surface area contributed by atoms with E-state index in [2.05, 4.69) is 27.7 Å². The highest BCUT2D eigenvalue weighted by molar-refractivity contribution is 5.44. The van der Waals surface area contributed by atoms with Gasteiger partial charge in [0.15, 0.2) is 0 Å². The van der Waals surface area contributed by atoms with Crippen LogP contribution in [0.25, 0.3) is 0 Å². The molecule has 0 aliphatic heterocycles. The number of nitrogen functional groups attached to an aromatic ring is 1. The zero-order valence-electron chi connectivity index (χ0n) is 10.1. The Morgan fingerprint density at radius 1 is 1.27 bits per heavy atom. The van der Waals surface area contributed by atoms with E-state index in [1.165, 1.54) is 18.5 Å². The molecule has 82 valence electrons. The smallest absolute Gasteiger partial charge is 0.0486 e. The van der Waals surface area contributed by atoms with Gasteiger partial charge >= 0.3 is 0 Å². The molecule has 2 rings (SSSR count). The molecule has 1 heterocycles. The maximum atomic E-state index is 5.94. The van der Waals surface area contributed by atoms with Crippen LogP contribution >= 0.6 is 0 Å². The summed E-state index contributed by atoms with van der Waals surface area (Å²) in [6, 6.07) is 4.03. The van der Waals surface area contributed by atoms with Crippen molar-refractivity contribution in [3.8, 4) is 0 Å². The topological polar surface area (TPSA) is 38.9 Å². The molecule has 1 aromatic heterocycles. The van der Waals surface area contributed by atoms with Gasteiger partial charge in [0.05, 0.1) is 0 Å². The third-order valence-electron chi connectivity index (χ3n) is 3.23. The molecule has 2 heteroatoms. The number of nitrogens with zero attached hydrogens (tertiary/aromatic N) is 1. The second kappa shape index (κ2) is 2.97. The largest absolute Gasteiger partial charge is 0.399 e. The SMILES string of the molecule is CC(C)(C)c1cc(N)cc(C2(C)CC2)n1. The molecule has 1 fully saturated rings.